The van der Waals surface area contributed by atoms with Crippen molar-refractivity contribution in [2.75, 3.05) is 47.4 Å². The zero-order valence-electron chi connectivity index (χ0n) is 12.1. The van der Waals surface area contributed by atoms with Crippen molar-refractivity contribution in [2.45, 2.75) is 0 Å². The highest BCUT2D eigenvalue weighted by molar-refractivity contribution is 7.70. The molecule has 0 unspecified atom stereocenters. The van der Waals surface area contributed by atoms with Crippen molar-refractivity contribution in [3.05, 3.63) is 20.8 Å². The van der Waals surface area contributed by atoms with E-state index in [-0.39, 0.29) is 5.82 Å². The fourth-order valence-corrected chi connectivity index (χ4v) is 5.12. The van der Waals surface area contributed by atoms with Crippen LogP contribution < -0.4 is 16.3 Å². The summed E-state index contributed by atoms with van der Waals surface area (Å²) in [6.45, 7) is 0. The molecule has 108 valence electrons. The van der Waals surface area contributed by atoms with Gasteiger partial charge in [0.05, 0.1) is 0 Å². The Morgan fingerprint density at radius 2 is 1.47 bits per heavy atom. The lowest BCUT2D eigenvalue weighted by atomic mass is 10.7. The van der Waals surface area contributed by atoms with Crippen LogP contribution in [0.3, 0.4) is 0 Å². The van der Waals surface area contributed by atoms with E-state index in [0.717, 1.165) is 0 Å². The second-order valence-electron chi connectivity index (χ2n) is 4.58. The maximum absolute atomic E-state index is 11.7. The Morgan fingerprint density at radius 3 is 1.84 bits per heavy atom. The molecule has 1 aromatic rings. The van der Waals surface area contributed by atoms with Gasteiger partial charge in [-0.25, -0.2) is 9.89 Å². The fourth-order valence-electron chi connectivity index (χ4n) is 1.94. The van der Waals surface area contributed by atoms with Crippen molar-refractivity contribution in [3.8, 4) is 0 Å². The first-order valence-electron chi connectivity index (χ1n) is 5.61. The second kappa shape index (κ2) is 5.79. The molecule has 0 bridgehead atoms. The van der Waals surface area contributed by atoms with Crippen LogP contribution in [0.2, 0.25) is 0 Å². The van der Waals surface area contributed by atoms with Crippen LogP contribution in [0.4, 0.5) is 5.82 Å². The number of rotatable bonds is 5. The van der Waals surface area contributed by atoms with E-state index in [0.29, 0.717) is 0 Å². The van der Waals surface area contributed by atoms with Crippen LogP contribution >= 0.6 is 7.87 Å². The highest BCUT2D eigenvalue weighted by Crippen LogP contribution is 2.61. The van der Waals surface area contributed by atoms with E-state index >= 15 is 0 Å². The number of aromatic nitrogens is 3. The van der Waals surface area contributed by atoms with Gasteiger partial charge in [-0.2, -0.15) is 5.09 Å². The molecule has 0 aliphatic rings. The molecule has 0 spiro atoms. The van der Waals surface area contributed by atoms with E-state index in [1.54, 1.807) is 0 Å². The minimum Gasteiger partial charge on any atom is -0.270 e. The van der Waals surface area contributed by atoms with E-state index in [1.165, 1.54) is 0 Å². The van der Waals surface area contributed by atoms with Crippen molar-refractivity contribution in [2.24, 2.45) is 0 Å². The molecule has 0 saturated carbocycles. The van der Waals surface area contributed by atoms with Crippen LogP contribution in [0.15, 0.2) is 9.59 Å². The quantitative estimate of drug-likeness (QED) is 0.612. The molecular weight excluding hydrogens is 269 g/mol. The smallest absolute Gasteiger partial charge is 0.270 e. The fraction of sp³-hybridized carbons (Fsp3) is 0.667. The van der Waals surface area contributed by atoms with Gasteiger partial charge in [-0.3, -0.25) is 9.78 Å². The van der Waals surface area contributed by atoms with Gasteiger partial charge in [0.2, 0.25) is 5.82 Å². The number of nitrogens with one attached hydrogen (secondary N) is 3. The van der Waals surface area contributed by atoms with Gasteiger partial charge < -0.3 is 0 Å². The lowest BCUT2D eigenvalue weighted by Gasteiger charge is -2.38. The van der Waals surface area contributed by atoms with Crippen LogP contribution in [-0.4, -0.2) is 71.5 Å². The summed E-state index contributed by atoms with van der Waals surface area (Å²) in [6.07, 6.45) is 0. The summed E-state index contributed by atoms with van der Waals surface area (Å²) in [4.78, 5) is 24.9. The van der Waals surface area contributed by atoms with Crippen molar-refractivity contribution < 1.29 is 0 Å². The van der Waals surface area contributed by atoms with Crippen LogP contribution in [0.1, 0.15) is 0 Å². The standard InChI is InChI=1S/C9H20N7O2P/c1-14(2)19(15(3)4,16(5)6)13-7-8(17)10-9(18)12-11-7/h1-6H3,(H2-,10,11,12,13,17,18)/p+1. The molecule has 0 amide bonds. The number of nitrogens with zero attached hydrogens (tertiary/aromatic N) is 4. The van der Waals surface area contributed by atoms with E-state index in [9.17, 15) is 9.59 Å². The maximum atomic E-state index is 11.7. The van der Waals surface area contributed by atoms with Gasteiger partial charge in [0.1, 0.15) is 0 Å². The zero-order valence-corrected chi connectivity index (χ0v) is 12.9. The molecule has 9 nitrogen and oxygen atoms in total. The third-order valence-electron chi connectivity index (χ3n) is 2.64. The van der Waals surface area contributed by atoms with Gasteiger partial charge in [0.25, 0.3) is 5.56 Å². The molecule has 0 radical (unpaired) electrons. The van der Waals surface area contributed by atoms with Gasteiger partial charge >= 0.3 is 13.6 Å². The van der Waals surface area contributed by atoms with Gasteiger partial charge in [-0.1, -0.05) is 0 Å². The molecular formula is C9H21N7O2P+. The summed E-state index contributed by atoms with van der Waals surface area (Å²) >= 11 is 0. The molecule has 0 aromatic carbocycles. The van der Waals surface area contributed by atoms with E-state index in [2.05, 4.69) is 20.3 Å². The van der Waals surface area contributed by atoms with Crippen molar-refractivity contribution >= 4 is 13.7 Å². The largest absolute Gasteiger partial charge is 0.342 e. The summed E-state index contributed by atoms with van der Waals surface area (Å²) in [5.41, 5.74) is -1.17. The summed E-state index contributed by atoms with van der Waals surface area (Å²) in [6, 6.07) is 0. The van der Waals surface area contributed by atoms with Gasteiger partial charge in [0.15, 0.2) is 0 Å². The molecule has 1 aromatic heterocycles. The Balaban J connectivity index is 3.28. The molecule has 0 atom stereocenters. The average molecular weight is 290 g/mol. The van der Waals surface area contributed by atoms with E-state index < -0.39 is 19.1 Å². The number of hydrogen-bond donors (Lipinski definition) is 3. The Bertz CT molecular complexity index is 514. The Labute approximate surface area is 112 Å². The minimum atomic E-state index is -2.13. The van der Waals surface area contributed by atoms with Crippen molar-refractivity contribution in [1.82, 2.24) is 29.2 Å². The number of H-pyrrole nitrogens is 2. The van der Waals surface area contributed by atoms with Crippen LogP contribution in [0, 0.1) is 0 Å². The monoisotopic (exact) mass is 290 g/mol. The second-order valence-corrected chi connectivity index (χ2v) is 8.34. The Hall–Kier alpha value is -1.28. The first-order valence-corrected chi connectivity index (χ1v) is 7.26. The van der Waals surface area contributed by atoms with Gasteiger partial charge in [-0.05, 0) is 0 Å². The summed E-state index contributed by atoms with van der Waals surface area (Å²) in [5, 5.41) is 9.13. The number of aromatic amines is 2. The minimum absolute atomic E-state index is 0.0871. The number of anilines is 1. The summed E-state index contributed by atoms with van der Waals surface area (Å²) in [5.74, 6) is 0.0871. The lowest BCUT2D eigenvalue weighted by molar-refractivity contribution is 0.465. The van der Waals surface area contributed by atoms with Crippen molar-refractivity contribution in [3.63, 3.8) is 0 Å². The predicted molar refractivity (Wildman–Crippen MR) is 77.1 cm³/mol. The molecule has 0 aliphatic heterocycles. The Kier molecular flexibility index (Phi) is 4.81. The maximum Gasteiger partial charge on any atom is 0.342 e. The third kappa shape index (κ3) is 3.01. The SMILES string of the molecule is CN(C)[P+](Nc1n[nH]c(=O)[nH]c1=O)(N(C)C)N(C)C. The predicted octanol–water partition coefficient (Wildman–Crippen LogP) is -0.767. The highest BCUT2D eigenvalue weighted by atomic mass is 31.2. The van der Waals surface area contributed by atoms with Crippen LogP contribution in [-0.2, 0) is 0 Å². The summed E-state index contributed by atoms with van der Waals surface area (Å²) in [7, 11) is 9.37. The molecule has 0 aliphatic carbocycles. The third-order valence-corrected chi connectivity index (χ3v) is 6.50. The molecule has 1 heterocycles. The zero-order chi connectivity index (χ0) is 14.8. The molecule has 1 rings (SSSR count). The highest BCUT2D eigenvalue weighted by Gasteiger charge is 2.49. The summed E-state index contributed by atoms with van der Waals surface area (Å²) < 4.78 is 6.00. The van der Waals surface area contributed by atoms with Gasteiger partial charge in [0, 0.05) is 42.3 Å². The first-order chi connectivity index (χ1) is 8.71. The molecule has 10 heteroatoms. The van der Waals surface area contributed by atoms with Crippen LogP contribution in [0.25, 0.3) is 0 Å². The van der Waals surface area contributed by atoms with E-state index in [4.69, 9.17) is 0 Å². The Morgan fingerprint density at radius 1 is 1.00 bits per heavy atom. The van der Waals surface area contributed by atoms with Crippen molar-refractivity contribution in [1.29, 1.82) is 0 Å². The average Bonchev–Trinajstić information content (AvgIpc) is 2.26. The molecule has 3 N–H and O–H groups in total. The van der Waals surface area contributed by atoms with Gasteiger partial charge in [-0.15, -0.1) is 19.1 Å². The van der Waals surface area contributed by atoms with E-state index in [1.807, 2.05) is 56.3 Å². The molecule has 0 fully saturated rings. The normalized spacial score (nSPS) is 12.5. The number of hydrogen-bond acceptors (Lipinski definition) is 7. The lowest BCUT2D eigenvalue weighted by Crippen LogP contribution is -2.42. The molecule has 0 saturated heterocycles. The van der Waals surface area contributed by atoms with Crippen LogP contribution in [0.5, 0.6) is 0 Å². The molecule has 19 heavy (non-hydrogen) atoms. The first kappa shape index (κ1) is 15.8. The topological polar surface area (TPSA) is 100 Å².